The number of sulfone groups is 1. The first-order valence-corrected chi connectivity index (χ1v) is 8.37. The predicted molar refractivity (Wildman–Crippen MR) is 72.6 cm³/mol. The number of benzene rings is 1. The van der Waals surface area contributed by atoms with Crippen molar-refractivity contribution < 1.29 is 12.8 Å². The molecule has 1 atom stereocenters. The van der Waals surface area contributed by atoms with Crippen molar-refractivity contribution in [2.24, 2.45) is 0 Å². The van der Waals surface area contributed by atoms with Crippen LogP contribution in [0.5, 0.6) is 0 Å². The number of hydrogen-bond acceptors (Lipinski definition) is 3. The van der Waals surface area contributed by atoms with Gasteiger partial charge in [0.05, 0.1) is 15.5 Å². The largest absolute Gasteiger partial charge is 0.311 e. The summed E-state index contributed by atoms with van der Waals surface area (Å²) in [4.78, 5) is 0. The molecule has 1 fully saturated rings. The van der Waals surface area contributed by atoms with Gasteiger partial charge in [-0.05, 0) is 40.4 Å². The van der Waals surface area contributed by atoms with Crippen LogP contribution in [0.4, 0.5) is 4.39 Å². The molecule has 0 spiro atoms. The average Bonchev–Trinajstić information content (AvgIpc) is 2.64. The van der Waals surface area contributed by atoms with Crippen molar-refractivity contribution >= 4 is 25.8 Å². The molecule has 1 saturated heterocycles. The van der Waals surface area contributed by atoms with Gasteiger partial charge in [0, 0.05) is 13.1 Å². The summed E-state index contributed by atoms with van der Waals surface area (Å²) < 4.78 is 36.9. The van der Waals surface area contributed by atoms with E-state index in [9.17, 15) is 12.8 Å². The van der Waals surface area contributed by atoms with Crippen LogP contribution in [-0.2, 0) is 16.4 Å². The lowest BCUT2D eigenvalue weighted by Crippen LogP contribution is -2.30. The van der Waals surface area contributed by atoms with Crippen LogP contribution in [0.15, 0.2) is 22.7 Å². The van der Waals surface area contributed by atoms with E-state index in [1.807, 2.05) is 6.07 Å². The lowest BCUT2D eigenvalue weighted by atomic mass is 10.2. The molecular weight excluding hydrogens is 321 g/mol. The maximum Gasteiger partial charge on any atom is 0.154 e. The van der Waals surface area contributed by atoms with Crippen LogP contribution in [0.1, 0.15) is 18.4 Å². The van der Waals surface area contributed by atoms with E-state index >= 15 is 0 Å². The van der Waals surface area contributed by atoms with Crippen molar-refractivity contribution in [3.8, 4) is 0 Å². The monoisotopic (exact) mass is 335 g/mol. The number of halogens is 2. The lowest BCUT2D eigenvalue weighted by molar-refractivity contribution is 0.571. The molecule has 0 saturated carbocycles. The summed E-state index contributed by atoms with van der Waals surface area (Å²) in [5, 5.41) is 2.80. The van der Waals surface area contributed by atoms with Crippen LogP contribution in [0.25, 0.3) is 0 Å². The fourth-order valence-corrected chi connectivity index (χ4v) is 4.34. The topological polar surface area (TPSA) is 46.2 Å². The minimum atomic E-state index is -2.91. The number of rotatable bonds is 4. The van der Waals surface area contributed by atoms with Gasteiger partial charge in [0.15, 0.2) is 9.84 Å². The van der Waals surface area contributed by atoms with Crippen LogP contribution in [-0.4, -0.2) is 26.0 Å². The maximum atomic E-state index is 13.3. The molecule has 1 aliphatic rings. The van der Waals surface area contributed by atoms with E-state index in [0.29, 0.717) is 23.3 Å². The molecule has 100 valence electrons. The summed E-state index contributed by atoms with van der Waals surface area (Å²) in [5.41, 5.74) is 0.797. The Labute approximate surface area is 115 Å². The summed E-state index contributed by atoms with van der Waals surface area (Å²) in [6, 6.07) is 4.84. The van der Waals surface area contributed by atoms with Gasteiger partial charge in [-0.15, -0.1) is 0 Å². The Morgan fingerprint density at radius 3 is 2.89 bits per heavy atom. The first-order valence-electron chi connectivity index (χ1n) is 5.86. The molecule has 1 N–H and O–H groups in total. The first-order chi connectivity index (χ1) is 8.50. The number of nitrogens with one attached hydrogen (secondary N) is 1. The zero-order chi connectivity index (χ0) is 13.2. The Hall–Kier alpha value is -0.460. The molecule has 6 heteroatoms. The van der Waals surface area contributed by atoms with Crippen LogP contribution in [0, 0.1) is 5.82 Å². The second kappa shape index (κ2) is 5.67. The summed E-state index contributed by atoms with van der Waals surface area (Å²) in [7, 11) is -2.91. The second-order valence-corrected chi connectivity index (χ2v) is 7.67. The van der Waals surface area contributed by atoms with Crippen molar-refractivity contribution in [2.45, 2.75) is 24.6 Å². The van der Waals surface area contributed by atoms with E-state index in [1.165, 1.54) is 6.07 Å². The highest BCUT2D eigenvalue weighted by Crippen LogP contribution is 2.21. The van der Waals surface area contributed by atoms with Gasteiger partial charge < -0.3 is 5.32 Å². The van der Waals surface area contributed by atoms with Gasteiger partial charge in [0.2, 0.25) is 0 Å². The Bertz CT molecular complexity index is 533. The molecule has 0 bridgehead atoms. The molecule has 0 amide bonds. The van der Waals surface area contributed by atoms with E-state index in [0.717, 1.165) is 18.4 Å². The molecule has 3 nitrogen and oxygen atoms in total. The van der Waals surface area contributed by atoms with Gasteiger partial charge in [-0.2, -0.15) is 0 Å². The van der Waals surface area contributed by atoms with E-state index < -0.39 is 9.84 Å². The van der Waals surface area contributed by atoms with E-state index in [-0.39, 0.29) is 11.1 Å². The van der Waals surface area contributed by atoms with Crippen LogP contribution >= 0.6 is 15.9 Å². The second-order valence-electron chi connectivity index (χ2n) is 4.48. The van der Waals surface area contributed by atoms with E-state index in [4.69, 9.17) is 0 Å². The summed E-state index contributed by atoms with van der Waals surface area (Å²) in [5.74, 6) is -0.00833. The SMILES string of the molecule is O=S1(=O)CCCC1CNCc1cccc(F)c1Br. The Balaban J connectivity index is 1.91. The fourth-order valence-electron chi connectivity index (χ4n) is 2.14. The molecule has 1 aromatic rings. The van der Waals surface area contributed by atoms with Gasteiger partial charge in [-0.25, -0.2) is 12.8 Å². The normalized spacial score (nSPS) is 22.2. The van der Waals surface area contributed by atoms with E-state index in [2.05, 4.69) is 21.2 Å². The zero-order valence-corrected chi connectivity index (χ0v) is 12.2. The third kappa shape index (κ3) is 3.10. The third-order valence-electron chi connectivity index (χ3n) is 3.18. The average molecular weight is 336 g/mol. The summed E-state index contributed by atoms with van der Waals surface area (Å²) in [6.45, 7) is 0.898. The quantitative estimate of drug-likeness (QED) is 0.917. The number of hydrogen-bond donors (Lipinski definition) is 1. The van der Waals surface area contributed by atoms with Gasteiger partial charge >= 0.3 is 0 Å². The maximum absolute atomic E-state index is 13.3. The smallest absolute Gasteiger partial charge is 0.154 e. The van der Waals surface area contributed by atoms with E-state index in [1.54, 1.807) is 6.07 Å². The summed E-state index contributed by atoms with van der Waals surface area (Å²) >= 11 is 3.18. The van der Waals surface area contributed by atoms with Gasteiger partial charge in [0.1, 0.15) is 5.82 Å². The minimum Gasteiger partial charge on any atom is -0.311 e. The molecular formula is C12H15BrFNO2S. The molecule has 1 heterocycles. The molecule has 2 rings (SSSR count). The van der Waals surface area contributed by atoms with Crippen molar-refractivity contribution in [3.63, 3.8) is 0 Å². The molecule has 0 aromatic heterocycles. The Kier molecular flexibility index (Phi) is 4.40. The van der Waals surface area contributed by atoms with Crippen LogP contribution in [0.2, 0.25) is 0 Å². The van der Waals surface area contributed by atoms with Crippen molar-refractivity contribution in [3.05, 3.63) is 34.1 Å². The fraction of sp³-hybridized carbons (Fsp3) is 0.500. The van der Waals surface area contributed by atoms with Crippen molar-refractivity contribution in [1.29, 1.82) is 0 Å². The lowest BCUT2D eigenvalue weighted by Gasteiger charge is -2.11. The molecule has 1 aliphatic heterocycles. The third-order valence-corrected chi connectivity index (χ3v) is 6.35. The molecule has 1 aromatic carbocycles. The van der Waals surface area contributed by atoms with Crippen molar-refractivity contribution in [2.75, 3.05) is 12.3 Å². The highest BCUT2D eigenvalue weighted by molar-refractivity contribution is 9.10. The molecule has 0 aliphatic carbocycles. The standard InChI is InChI=1S/C12H15BrFNO2S/c13-12-9(3-1-5-11(12)14)7-15-8-10-4-2-6-18(10,16)17/h1,3,5,10,15H,2,4,6-8H2. The molecule has 1 unspecified atom stereocenters. The van der Waals surface area contributed by atoms with Crippen LogP contribution < -0.4 is 5.32 Å². The van der Waals surface area contributed by atoms with Crippen LogP contribution in [0.3, 0.4) is 0 Å². The highest BCUT2D eigenvalue weighted by atomic mass is 79.9. The Morgan fingerprint density at radius 2 is 2.22 bits per heavy atom. The zero-order valence-electron chi connectivity index (χ0n) is 9.83. The van der Waals surface area contributed by atoms with Crippen molar-refractivity contribution in [1.82, 2.24) is 5.32 Å². The summed E-state index contributed by atoms with van der Waals surface area (Å²) in [6.07, 6.45) is 1.47. The first kappa shape index (κ1) is 14.0. The Morgan fingerprint density at radius 1 is 1.44 bits per heavy atom. The van der Waals surface area contributed by atoms with Gasteiger partial charge in [-0.3, -0.25) is 0 Å². The molecule has 18 heavy (non-hydrogen) atoms. The highest BCUT2D eigenvalue weighted by Gasteiger charge is 2.30. The van der Waals surface area contributed by atoms with Gasteiger partial charge in [-0.1, -0.05) is 12.1 Å². The molecule has 0 radical (unpaired) electrons. The van der Waals surface area contributed by atoms with Gasteiger partial charge in [0.25, 0.3) is 0 Å². The minimum absolute atomic E-state index is 0.287. The predicted octanol–water partition coefficient (Wildman–Crippen LogP) is 2.25.